The molecule has 2 rings (SSSR count). The van der Waals surface area contributed by atoms with E-state index in [-0.39, 0.29) is 6.42 Å². The van der Waals surface area contributed by atoms with E-state index in [1.165, 1.54) is 0 Å². The molecule has 0 aromatic heterocycles. The number of ether oxygens (including phenoxy) is 1. The van der Waals surface area contributed by atoms with Crippen molar-refractivity contribution in [3.63, 3.8) is 0 Å². The van der Waals surface area contributed by atoms with Crippen molar-refractivity contribution in [1.82, 2.24) is 0 Å². The van der Waals surface area contributed by atoms with E-state index in [0.717, 1.165) is 11.3 Å². The molecule has 0 fully saturated rings. The number of carbonyl (C=O) groups is 2. The van der Waals surface area contributed by atoms with E-state index in [2.05, 4.69) is 0 Å². The third-order valence-corrected chi connectivity index (χ3v) is 3.21. The summed E-state index contributed by atoms with van der Waals surface area (Å²) in [6.45, 7) is 0.394. The predicted molar refractivity (Wildman–Crippen MR) is 79.7 cm³/mol. The predicted octanol–water partition coefficient (Wildman–Crippen LogP) is 2.59. The van der Waals surface area contributed by atoms with Gasteiger partial charge in [0.25, 0.3) is 0 Å². The first-order valence-electron chi connectivity index (χ1n) is 6.77. The van der Waals surface area contributed by atoms with Gasteiger partial charge in [0.1, 0.15) is 12.4 Å². The average molecular weight is 300 g/mol. The number of hydrogen-bond donors (Lipinski definition) is 2. The third kappa shape index (κ3) is 4.34. The molecule has 2 aromatic rings. The van der Waals surface area contributed by atoms with Crippen molar-refractivity contribution in [2.24, 2.45) is 5.92 Å². The molecule has 114 valence electrons. The van der Waals surface area contributed by atoms with Gasteiger partial charge in [-0.2, -0.15) is 0 Å². The minimum Gasteiger partial charge on any atom is -0.489 e. The van der Waals surface area contributed by atoms with Crippen LogP contribution in [0.5, 0.6) is 5.75 Å². The molecule has 2 N–H and O–H groups in total. The van der Waals surface area contributed by atoms with Crippen LogP contribution in [0.1, 0.15) is 11.1 Å². The molecule has 0 radical (unpaired) electrons. The molecule has 0 aliphatic rings. The van der Waals surface area contributed by atoms with Crippen molar-refractivity contribution >= 4 is 11.9 Å². The summed E-state index contributed by atoms with van der Waals surface area (Å²) in [6, 6.07) is 16.5. The maximum absolute atomic E-state index is 10.9. The highest BCUT2D eigenvalue weighted by Crippen LogP contribution is 2.14. The number of hydrogen-bond acceptors (Lipinski definition) is 3. The molecule has 0 saturated heterocycles. The molecule has 0 atom stereocenters. The summed E-state index contributed by atoms with van der Waals surface area (Å²) in [5.74, 6) is -3.32. The molecule has 0 heterocycles. The van der Waals surface area contributed by atoms with Gasteiger partial charge in [-0.3, -0.25) is 9.59 Å². The van der Waals surface area contributed by atoms with E-state index in [4.69, 9.17) is 14.9 Å². The summed E-state index contributed by atoms with van der Waals surface area (Å²) < 4.78 is 5.60. The Bertz CT molecular complexity index is 620. The molecule has 0 aliphatic heterocycles. The van der Waals surface area contributed by atoms with Crippen LogP contribution in [0.3, 0.4) is 0 Å². The Balaban J connectivity index is 1.95. The van der Waals surface area contributed by atoms with Gasteiger partial charge in [-0.15, -0.1) is 0 Å². The van der Waals surface area contributed by atoms with Gasteiger partial charge in [-0.25, -0.2) is 0 Å². The van der Waals surface area contributed by atoms with E-state index in [1.807, 2.05) is 30.3 Å². The van der Waals surface area contributed by atoms with Crippen LogP contribution in [0.15, 0.2) is 54.6 Å². The lowest BCUT2D eigenvalue weighted by atomic mass is 9.99. The quantitative estimate of drug-likeness (QED) is 0.768. The van der Waals surface area contributed by atoms with E-state index in [0.29, 0.717) is 12.2 Å². The van der Waals surface area contributed by atoms with Gasteiger partial charge in [0.05, 0.1) is 0 Å². The standard InChI is InChI=1S/C17H16O5/c18-16(19)15(17(20)21)10-12-6-8-13(9-7-12)11-22-14-4-2-1-3-5-14/h1-9,15H,10-11H2,(H,18,19)(H,20,21). The number of rotatable bonds is 7. The van der Waals surface area contributed by atoms with Gasteiger partial charge in [0.2, 0.25) is 0 Å². The van der Waals surface area contributed by atoms with Crippen LogP contribution in [0.4, 0.5) is 0 Å². The maximum atomic E-state index is 10.9. The van der Waals surface area contributed by atoms with Gasteiger partial charge in [0.15, 0.2) is 5.92 Å². The Kier molecular flexibility index (Phi) is 5.14. The highest BCUT2D eigenvalue weighted by atomic mass is 16.5. The third-order valence-electron chi connectivity index (χ3n) is 3.21. The SMILES string of the molecule is O=C(O)C(Cc1ccc(COc2ccccc2)cc1)C(=O)O. The highest BCUT2D eigenvalue weighted by molar-refractivity contribution is 5.93. The number of carboxylic acid groups (broad SMARTS) is 2. The largest absolute Gasteiger partial charge is 0.489 e. The molecule has 0 aliphatic carbocycles. The lowest BCUT2D eigenvalue weighted by Crippen LogP contribution is -2.25. The van der Waals surface area contributed by atoms with E-state index >= 15 is 0 Å². The molecular formula is C17H16O5. The van der Waals surface area contributed by atoms with Crippen molar-refractivity contribution in [1.29, 1.82) is 0 Å². The van der Waals surface area contributed by atoms with Crippen LogP contribution in [-0.4, -0.2) is 22.2 Å². The normalized spacial score (nSPS) is 10.4. The van der Waals surface area contributed by atoms with Gasteiger partial charge in [0, 0.05) is 0 Å². The van der Waals surface area contributed by atoms with Crippen LogP contribution in [0.25, 0.3) is 0 Å². The lowest BCUT2D eigenvalue weighted by molar-refractivity contribution is -0.154. The fourth-order valence-corrected chi connectivity index (χ4v) is 1.97. The first-order chi connectivity index (χ1) is 10.6. The second-order valence-corrected chi connectivity index (χ2v) is 4.85. The second-order valence-electron chi connectivity index (χ2n) is 4.85. The van der Waals surface area contributed by atoms with Crippen LogP contribution < -0.4 is 4.74 Å². The van der Waals surface area contributed by atoms with Crippen molar-refractivity contribution < 1.29 is 24.5 Å². The number of aliphatic carboxylic acids is 2. The first kappa shape index (κ1) is 15.6. The molecular weight excluding hydrogens is 284 g/mol. The van der Waals surface area contributed by atoms with Gasteiger partial charge < -0.3 is 14.9 Å². The molecule has 0 unspecified atom stereocenters. The topological polar surface area (TPSA) is 83.8 Å². The first-order valence-corrected chi connectivity index (χ1v) is 6.77. The van der Waals surface area contributed by atoms with Crippen LogP contribution in [0.2, 0.25) is 0 Å². The summed E-state index contributed by atoms with van der Waals surface area (Å²) in [6.07, 6.45) is -0.0372. The average Bonchev–Trinajstić information content (AvgIpc) is 2.52. The Morgan fingerprint density at radius 1 is 0.864 bits per heavy atom. The molecule has 0 bridgehead atoms. The van der Waals surface area contributed by atoms with E-state index in [1.54, 1.807) is 24.3 Å². The van der Waals surface area contributed by atoms with Crippen molar-refractivity contribution in [2.45, 2.75) is 13.0 Å². The van der Waals surface area contributed by atoms with Gasteiger partial charge in [-0.05, 0) is 29.7 Å². The molecule has 0 saturated carbocycles. The molecule has 0 amide bonds. The molecule has 2 aromatic carbocycles. The Morgan fingerprint density at radius 3 is 1.95 bits per heavy atom. The maximum Gasteiger partial charge on any atom is 0.318 e. The van der Waals surface area contributed by atoms with Crippen LogP contribution in [-0.2, 0) is 22.6 Å². The molecule has 5 heteroatoms. The number of para-hydroxylation sites is 1. The van der Waals surface area contributed by atoms with Crippen molar-refractivity contribution in [3.8, 4) is 5.75 Å². The van der Waals surface area contributed by atoms with Crippen molar-refractivity contribution in [2.75, 3.05) is 0 Å². The fourth-order valence-electron chi connectivity index (χ4n) is 1.97. The zero-order valence-corrected chi connectivity index (χ0v) is 11.8. The second kappa shape index (κ2) is 7.26. The van der Waals surface area contributed by atoms with E-state index in [9.17, 15) is 9.59 Å². The summed E-state index contributed by atoms with van der Waals surface area (Å²) in [7, 11) is 0. The zero-order chi connectivity index (χ0) is 15.9. The highest BCUT2D eigenvalue weighted by Gasteiger charge is 2.25. The molecule has 22 heavy (non-hydrogen) atoms. The zero-order valence-electron chi connectivity index (χ0n) is 11.8. The Labute approximate surface area is 127 Å². The minimum absolute atomic E-state index is 0.0372. The fraction of sp³-hybridized carbons (Fsp3) is 0.176. The van der Waals surface area contributed by atoms with E-state index < -0.39 is 17.9 Å². The number of benzene rings is 2. The monoisotopic (exact) mass is 300 g/mol. The van der Waals surface area contributed by atoms with Crippen molar-refractivity contribution in [3.05, 3.63) is 65.7 Å². The number of carboxylic acids is 2. The molecule has 0 spiro atoms. The minimum atomic E-state index is -1.42. The van der Waals surface area contributed by atoms with Crippen LogP contribution in [0, 0.1) is 5.92 Å². The summed E-state index contributed by atoms with van der Waals surface area (Å²) >= 11 is 0. The Morgan fingerprint density at radius 2 is 1.41 bits per heavy atom. The lowest BCUT2D eigenvalue weighted by Gasteiger charge is -2.09. The van der Waals surface area contributed by atoms with Gasteiger partial charge >= 0.3 is 11.9 Å². The Hall–Kier alpha value is -2.82. The summed E-state index contributed by atoms with van der Waals surface area (Å²) in [5.41, 5.74) is 1.59. The van der Waals surface area contributed by atoms with Crippen LogP contribution >= 0.6 is 0 Å². The molecule has 5 nitrogen and oxygen atoms in total. The summed E-state index contributed by atoms with van der Waals surface area (Å²) in [5, 5.41) is 17.7. The van der Waals surface area contributed by atoms with Gasteiger partial charge in [-0.1, -0.05) is 42.5 Å². The smallest absolute Gasteiger partial charge is 0.318 e. The summed E-state index contributed by atoms with van der Waals surface area (Å²) in [4.78, 5) is 21.7.